The molecule has 1 N–H and O–H groups in total. The van der Waals surface area contributed by atoms with E-state index in [1.165, 1.54) is 37.0 Å². The van der Waals surface area contributed by atoms with Gasteiger partial charge in [0.2, 0.25) is 0 Å². The fraction of sp³-hybridized carbons (Fsp3) is 0.692. The number of hydrogen-bond acceptors (Lipinski definition) is 4. The van der Waals surface area contributed by atoms with Gasteiger partial charge in [-0.1, -0.05) is 37.5 Å². The highest BCUT2D eigenvalue weighted by molar-refractivity contribution is 7.15. The molecule has 4 nitrogen and oxygen atoms in total. The molecule has 0 amide bonds. The van der Waals surface area contributed by atoms with E-state index in [9.17, 15) is 10.1 Å². The Morgan fingerprint density at radius 1 is 1.44 bits per heavy atom. The average Bonchev–Trinajstić information content (AvgIpc) is 2.80. The van der Waals surface area contributed by atoms with Crippen molar-refractivity contribution in [3.8, 4) is 0 Å². The zero-order chi connectivity index (χ0) is 13.0. The first-order chi connectivity index (χ1) is 8.66. The van der Waals surface area contributed by atoms with Crippen LogP contribution in [0.25, 0.3) is 0 Å². The van der Waals surface area contributed by atoms with E-state index < -0.39 is 0 Å². The van der Waals surface area contributed by atoms with Crippen LogP contribution >= 0.6 is 11.3 Å². The molecule has 1 aliphatic rings. The van der Waals surface area contributed by atoms with Crippen LogP contribution in [0.15, 0.2) is 12.1 Å². The zero-order valence-electron chi connectivity index (χ0n) is 10.7. The molecular weight excluding hydrogens is 248 g/mol. The summed E-state index contributed by atoms with van der Waals surface area (Å²) in [5.41, 5.74) is 0. The van der Waals surface area contributed by atoms with E-state index in [1.807, 2.05) is 6.07 Å². The first-order valence-electron chi connectivity index (χ1n) is 6.60. The Labute approximate surface area is 112 Å². The van der Waals surface area contributed by atoms with Gasteiger partial charge in [0.1, 0.15) is 0 Å². The molecule has 1 fully saturated rings. The van der Waals surface area contributed by atoms with Gasteiger partial charge in [0.25, 0.3) is 0 Å². The maximum absolute atomic E-state index is 10.6. The SMILES string of the molecule is CC1CCCCC1CNCc1ccc([N+](=O)[O-])s1. The van der Waals surface area contributed by atoms with Gasteiger partial charge >= 0.3 is 5.00 Å². The van der Waals surface area contributed by atoms with Crippen molar-refractivity contribution in [3.63, 3.8) is 0 Å². The third kappa shape index (κ3) is 3.53. The first-order valence-corrected chi connectivity index (χ1v) is 7.42. The van der Waals surface area contributed by atoms with Crippen molar-refractivity contribution < 1.29 is 4.92 Å². The van der Waals surface area contributed by atoms with Gasteiger partial charge in [0.15, 0.2) is 0 Å². The van der Waals surface area contributed by atoms with Gasteiger partial charge in [-0.2, -0.15) is 0 Å². The van der Waals surface area contributed by atoms with Crippen LogP contribution in [0, 0.1) is 22.0 Å². The lowest BCUT2D eigenvalue weighted by atomic mass is 9.80. The zero-order valence-corrected chi connectivity index (χ0v) is 11.5. The summed E-state index contributed by atoms with van der Waals surface area (Å²) in [7, 11) is 0. The van der Waals surface area contributed by atoms with E-state index in [2.05, 4.69) is 12.2 Å². The summed E-state index contributed by atoms with van der Waals surface area (Å²) in [6, 6.07) is 3.44. The van der Waals surface area contributed by atoms with Crippen LogP contribution in [0.5, 0.6) is 0 Å². The minimum atomic E-state index is -0.322. The number of nitrogens with one attached hydrogen (secondary N) is 1. The molecule has 0 saturated heterocycles. The summed E-state index contributed by atoms with van der Waals surface area (Å²) >= 11 is 1.27. The largest absolute Gasteiger partial charge is 0.324 e. The van der Waals surface area contributed by atoms with E-state index in [0.29, 0.717) is 0 Å². The minimum Gasteiger partial charge on any atom is -0.312 e. The molecule has 1 saturated carbocycles. The van der Waals surface area contributed by atoms with Crippen LogP contribution in [0.4, 0.5) is 5.00 Å². The average molecular weight is 268 g/mol. The molecule has 1 aromatic heterocycles. The maximum Gasteiger partial charge on any atom is 0.324 e. The molecule has 5 heteroatoms. The van der Waals surface area contributed by atoms with Crippen molar-refractivity contribution in [3.05, 3.63) is 27.1 Å². The molecule has 2 unspecified atom stereocenters. The molecular formula is C13H20N2O2S. The molecule has 0 aromatic carbocycles. The van der Waals surface area contributed by atoms with E-state index in [-0.39, 0.29) is 9.92 Å². The monoisotopic (exact) mass is 268 g/mol. The number of nitro groups is 1. The Balaban J connectivity index is 1.75. The van der Waals surface area contributed by atoms with Gasteiger partial charge in [0, 0.05) is 17.5 Å². The standard InChI is InChI=1S/C13H20N2O2S/c1-10-4-2-3-5-11(10)8-14-9-12-6-7-13(18-12)15(16)17/h6-7,10-11,14H,2-5,8-9H2,1H3. The lowest BCUT2D eigenvalue weighted by molar-refractivity contribution is -0.380. The highest BCUT2D eigenvalue weighted by atomic mass is 32.1. The summed E-state index contributed by atoms with van der Waals surface area (Å²) in [6.07, 6.45) is 5.38. The van der Waals surface area contributed by atoms with Crippen molar-refractivity contribution in [2.75, 3.05) is 6.54 Å². The normalized spacial score (nSPS) is 24.1. The number of nitrogens with zero attached hydrogens (tertiary/aromatic N) is 1. The third-order valence-electron chi connectivity index (χ3n) is 3.82. The second-order valence-electron chi connectivity index (χ2n) is 5.15. The lowest BCUT2D eigenvalue weighted by Crippen LogP contribution is -2.28. The van der Waals surface area contributed by atoms with Crippen LogP contribution in [0.1, 0.15) is 37.5 Å². The number of thiophene rings is 1. The second-order valence-corrected chi connectivity index (χ2v) is 6.30. The van der Waals surface area contributed by atoms with E-state index >= 15 is 0 Å². The van der Waals surface area contributed by atoms with Crippen molar-refractivity contribution in [2.24, 2.45) is 11.8 Å². The number of rotatable bonds is 5. The van der Waals surface area contributed by atoms with Crippen molar-refractivity contribution >= 4 is 16.3 Å². The maximum atomic E-state index is 10.6. The Hall–Kier alpha value is -0.940. The van der Waals surface area contributed by atoms with E-state index in [1.54, 1.807) is 6.07 Å². The van der Waals surface area contributed by atoms with Gasteiger partial charge in [-0.3, -0.25) is 10.1 Å². The fourth-order valence-electron chi connectivity index (χ4n) is 2.64. The molecule has 0 radical (unpaired) electrons. The highest BCUT2D eigenvalue weighted by Gasteiger charge is 2.20. The Bertz CT molecular complexity index is 405. The van der Waals surface area contributed by atoms with Crippen LogP contribution in [0.2, 0.25) is 0 Å². The predicted octanol–water partition coefficient (Wildman–Crippen LogP) is 3.57. The van der Waals surface area contributed by atoms with Crippen molar-refractivity contribution in [1.29, 1.82) is 0 Å². The molecule has 2 atom stereocenters. The highest BCUT2D eigenvalue weighted by Crippen LogP contribution is 2.29. The Kier molecular flexibility index (Phi) is 4.72. The molecule has 1 aromatic rings. The van der Waals surface area contributed by atoms with Crippen molar-refractivity contribution in [2.45, 2.75) is 39.2 Å². The predicted molar refractivity (Wildman–Crippen MR) is 73.8 cm³/mol. The molecule has 1 aliphatic carbocycles. The van der Waals surface area contributed by atoms with Gasteiger partial charge in [0.05, 0.1) is 4.92 Å². The van der Waals surface area contributed by atoms with Crippen LogP contribution in [-0.4, -0.2) is 11.5 Å². The molecule has 0 aliphatic heterocycles. The summed E-state index contributed by atoms with van der Waals surface area (Å²) < 4.78 is 0. The first kappa shape index (κ1) is 13.5. The number of hydrogen-bond donors (Lipinski definition) is 1. The smallest absolute Gasteiger partial charge is 0.312 e. The molecule has 18 heavy (non-hydrogen) atoms. The second kappa shape index (κ2) is 6.29. The summed E-state index contributed by atoms with van der Waals surface area (Å²) in [5.74, 6) is 1.58. The Morgan fingerprint density at radius 3 is 2.89 bits per heavy atom. The van der Waals surface area contributed by atoms with E-state index in [4.69, 9.17) is 0 Å². The van der Waals surface area contributed by atoms with Crippen LogP contribution in [-0.2, 0) is 6.54 Å². The fourth-order valence-corrected chi connectivity index (χ4v) is 3.43. The molecule has 2 rings (SSSR count). The van der Waals surface area contributed by atoms with Gasteiger partial charge in [-0.05, 0) is 30.9 Å². The Morgan fingerprint density at radius 2 is 2.22 bits per heavy atom. The van der Waals surface area contributed by atoms with E-state index in [0.717, 1.165) is 29.8 Å². The molecule has 100 valence electrons. The van der Waals surface area contributed by atoms with Crippen LogP contribution < -0.4 is 5.32 Å². The van der Waals surface area contributed by atoms with Crippen LogP contribution in [0.3, 0.4) is 0 Å². The van der Waals surface area contributed by atoms with Gasteiger partial charge in [-0.25, -0.2) is 0 Å². The molecule has 1 heterocycles. The topological polar surface area (TPSA) is 55.2 Å². The van der Waals surface area contributed by atoms with Crippen molar-refractivity contribution in [1.82, 2.24) is 5.32 Å². The minimum absolute atomic E-state index is 0.234. The van der Waals surface area contributed by atoms with Gasteiger partial charge in [-0.15, -0.1) is 0 Å². The summed E-state index contributed by atoms with van der Waals surface area (Å²) in [6.45, 7) is 4.12. The summed E-state index contributed by atoms with van der Waals surface area (Å²) in [5, 5.41) is 14.2. The quantitative estimate of drug-likeness (QED) is 0.656. The summed E-state index contributed by atoms with van der Waals surface area (Å²) in [4.78, 5) is 11.3. The molecule has 0 bridgehead atoms. The molecule has 0 spiro atoms. The van der Waals surface area contributed by atoms with Gasteiger partial charge < -0.3 is 5.32 Å². The third-order valence-corrected chi connectivity index (χ3v) is 4.86. The lowest BCUT2D eigenvalue weighted by Gasteiger charge is -2.28.